The third-order valence-electron chi connectivity index (χ3n) is 8.03. The van der Waals surface area contributed by atoms with Gasteiger partial charge >= 0.3 is 0 Å². The molecule has 3 aromatic carbocycles. The van der Waals surface area contributed by atoms with Crippen molar-refractivity contribution in [3.63, 3.8) is 0 Å². The Bertz CT molecular complexity index is 1610. The molecule has 0 unspecified atom stereocenters. The van der Waals surface area contributed by atoms with E-state index in [1.165, 1.54) is 46.2 Å². The zero-order chi connectivity index (χ0) is 25.9. The van der Waals surface area contributed by atoms with Crippen LogP contribution >= 0.6 is 0 Å². The smallest absolute Gasteiger partial charge is 0.144 e. The molecule has 6 rings (SSSR count). The minimum Gasteiger partial charge on any atom is -0.455 e. The topological polar surface area (TPSA) is 26.0 Å². The first-order chi connectivity index (χ1) is 17.6. The Labute approximate surface area is 220 Å². The molecule has 2 heterocycles. The van der Waals surface area contributed by atoms with Crippen LogP contribution in [0.25, 0.3) is 44.3 Å². The van der Waals surface area contributed by atoms with Crippen LogP contribution < -0.4 is 0 Å². The van der Waals surface area contributed by atoms with Gasteiger partial charge in [0, 0.05) is 22.5 Å². The van der Waals surface area contributed by atoms with Crippen molar-refractivity contribution in [2.24, 2.45) is 0 Å². The van der Waals surface area contributed by atoms with Crippen molar-refractivity contribution >= 4 is 21.9 Å². The lowest BCUT2D eigenvalue weighted by Gasteiger charge is -2.26. The summed E-state index contributed by atoms with van der Waals surface area (Å²) in [5.74, 6) is 0. The van der Waals surface area contributed by atoms with Crippen molar-refractivity contribution in [1.82, 2.24) is 4.98 Å². The van der Waals surface area contributed by atoms with E-state index in [1.807, 2.05) is 6.20 Å². The summed E-state index contributed by atoms with van der Waals surface area (Å²) in [6.45, 7) is 13.7. The molecule has 0 bridgehead atoms. The van der Waals surface area contributed by atoms with Crippen LogP contribution in [0.4, 0.5) is 0 Å². The number of furan rings is 1. The number of fused-ring (bicyclic) bond motifs is 4. The van der Waals surface area contributed by atoms with Gasteiger partial charge in [-0.1, -0.05) is 77.9 Å². The van der Waals surface area contributed by atoms with Crippen LogP contribution in [0.1, 0.15) is 76.6 Å². The quantitative estimate of drug-likeness (QED) is 0.248. The SMILES string of the molecule is CC(C)(C)c1cc(-c2ccc3c(c2)oc2c(-c4nccc5c4CCCC5)cccc23)cc(C(C)(C)C)c1. The zero-order valence-corrected chi connectivity index (χ0v) is 23.0. The van der Waals surface area contributed by atoms with E-state index in [-0.39, 0.29) is 10.8 Å². The Morgan fingerprint density at radius 3 is 2.16 bits per heavy atom. The van der Waals surface area contributed by atoms with Crippen LogP contribution in [0.3, 0.4) is 0 Å². The van der Waals surface area contributed by atoms with Crippen LogP contribution in [-0.4, -0.2) is 4.98 Å². The molecule has 0 radical (unpaired) electrons. The molecule has 0 saturated carbocycles. The summed E-state index contributed by atoms with van der Waals surface area (Å²) in [5.41, 5.74) is 12.3. The molecule has 0 aliphatic heterocycles. The fraction of sp³-hybridized carbons (Fsp3) is 0.343. The molecule has 0 spiro atoms. The molecule has 0 amide bonds. The molecule has 0 saturated heterocycles. The highest BCUT2D eigenvalue weighted by Crippen LogP contribution is 2.40. The molecule has 37 heavy (non-hydrogen) atoms. The van der Waals surface area contributed by atoms with Gasteiger partial charge in [0.05, 0.1) is 5.69 Å². The summed E-state index contributed by atoms with van der Waals surface area (Å²) < 4.78 is 6.65. The van der Waals surface area contributed by atoms with Gasteiger partial charge in [0.1, 0.15) is 11.2 Å². The van der Waals surface area contributed by atoms with E-state index in [1.54, 1.807) is 0 Å². The highest BCUT2D eigenvalue weighted by molar-refractivity contribution is 6.10. The number of para-hydroxylation sites is 1. The maximum absolute atomic E-state index is 6.65. The van der Waals surface area contributed by atoms with Crippen LogP contribution in [0.15, 0.2) is 71.3 Å². The second kappa shape index (κ2) is 8.58. The molecule has 2 aromatic heterocycles. The molecule has 1 aliphatic carbocycles. The molecule has 0 N–H and O–H groups in total. The van der Waals surface area contributed by atoms with E-state index >= 15 is 0 Å². The summed E-state index contributed by atoms with van der Waals surface area (Å²) in [6.07, 6.45) is 6.71. The Morgan fingerprint density at radius 2 is 1.43 bits per heavy atom. The summed E-state index contributed by atoms with van der Waals surface area (Å²) in [4.78, 5) is 4.85. The van der Waals surface area contributed by atoms with Gasteiger partial charge in [-0.3, -0.25) is 4.98 Å². The zero-order valence-electron chi connectivity index (χ0n) is 23.0. The number of hydrogen-bond acceptors (Lipinski definition) is 2. The van der Waals surface area contributed by atoms with Crippen molar-refractivity contribution in [2.75, 3.05) is 0 Å². The number of hydrogen-bond donors (Lipinski definition) is 0. The Hall–Kier alpha value is -3.39. The first-order valence-corrected chi connectivity index (χ1v) is 13.7. The molecule has 2 heteroatoms. The maximum atomic E-state index is 6.65. The van der Waals surface area contributed by atoms with Crippen molar-refractivity contribution in [1.29, 1.82) is 0 Å². The average molecular weight is 488 g/mol. The lowest BCUT2D eigenvalue weighted by molar-refractivity contribution is 0.569. The number of benzene rings is 3. The highest BCUT2D eigenvalue weighted by Gasteiger charge is 2.22. The van der Waals surface area contributed by atoms with Gasteiger partial charge in [-0.25, -0.2) is 0 Å². The summed E-state index contributed by atoms with van der Waals surface area (Å²) in [5, 5.41) is 2.32. The van der Waals surface area contributed by atoms with Gasteiger partial charge in [-0.05, 0) is 94.2 Å². The predicted molar refractivity (Wildman–Crippen MR) is 156 cm³/mol. The molecule has 0 fully saturated rings. The molecular weight excluding hydrogens is 450 g/mol. The summed E-state index contributed by atoms with van der Waals surface area (Å²) >= 11 is 0. The molecule has 2 nitrogen and oxygen atoms in total. The summed E-state index contributed by atoms with van der Waals surface area (Å²) in [6, 6.07) is 22.5. The van der Waals surface area contributed by atoms with Crippen molar-refractivity contribution in [2.45, 2.75) is 78.1 Å². The standard InChI is InChI=1S/C35H37NO/c1-34(2,3)25-18-24(19-26(21-25)35(4,5)6)23-14-15-28-29-12-9-13-30(33(29)37-31(28)20-23)32-27-11-8-7-10-22(27)16-17-36-32/h9,12-21H,7-8,10-11H2,1-6H3. The number of pyridine rings is 1. The van der Waals surface area contributed by atoms with E-state index in [4.69, 9.17) is 9.40 Å². The van der Waals surface area contributed by atoms with Crippen molar-refractivity contribution in [3.05, 3.63) is 89.1 Å². The van der Waals surface area contributed by atoms with Crippen LogP contribution in [0, 0.1) is 0 Å². The maximum Gasteiger partial charge on any atom is 0.144 e. The van der Waals surface area contributed by atoms with Gasteiger partial charge < -0.3 is 4.42 Å². The van der Waals surface area contributed by atoms with Crippen LogP contribution in [0.5, 0.6) is 0 Å². The lowest BCUT2D eigenvalue weighted by Crippen LogP contribution is -2.16. The van der Waals surface area contributed by atoms with Crippen LogP contribution in [-0.2, 0) is 23.7 Å². The number of rotatable bonds is 2. The van der Waals surface area contributed by atoms with E-state index in [2.05, 4.69) is 102 Å². The largest absolute Gasteiger partial charge is 0.455 e. The fourth-order valence-electron chi connectivity index (χ4n) is 5.72. The molecule has 5 aromatic rings. The van der Waals surface area contributed by atoms with E-state index < -0.39 is 0 Å². The summed E-state index contributed by atoms with van der Waals surface area (Å²) in [7, 11) is 0. The number of aromatic nitrogens is 1. The van der Waals surface area contributed by atoms with E-state index in [0.717, 1.165) is 46.0 Å². The van der Waals surface area contributed by atoms with Crippen molar-refractivity contribution < 1.29 is 4.42 Å². The van der Waals surface area contributed by atoms with Crippen LogP contribution in [0.2, 0.25) is 0 Å². The van der Waals surface area contributed by atoms with Gasteiger partial charge in [0.25, 0.3) is 0 Å². The molecule has 1 aliphatic rings. The Balaban J connectivity index is 1.52. The second-order valence-corrected chi connectivity index (χ2v) is 12.8. The van der Waals surface area contributed by atoms with Gasteiger partial charge in [-0.2, -0.15) is 0 Å². The van der Waals surface area contributed by atoms with Gasteiger partial charge in [-0.15, -0.1) is 0 Å². The third kappa shape index (κ3) is 4.27. The first-order valence-electron chi connectivity index (χ1n) is 13.7. The lowest BCUT2D eigenvalue weighted by atomic mass is 9.79. The normalized spacial score (nSPS) is 14.3. The second-order valence-electron chi connectivity index (χ2n) is 12.8. The number of aryl methyl sites for hydroxylation is 1. The first kappa shape index (κ1) is 24.0. The predicted octanol–water partition coefficient (Wildman–Crippen LogP) is 9.79. The van der Waals surface area contributed by atoms with Crippen molar-refractivity contribution in [3.8, 4) is 22.4 Å². The monoisotopic (exact) mass is 487 g/mol. The highest BCUT2D eigenvalue weighted by atomic mass is 16.3. The molecule has 0 atom stereocenters. The minimum atomic E-state index is 0.0796. The van der Waals surface area contributed by atoms with E-state index in [0.29, 0.717) is 0 Å². The fourth-order valence-corrected chi connectivity index (χ4v) is 5.72. The van der Waals surface area contributed by atoms with E-state index in [9.17, 15) is 0 Å². The minimum absolute atomic E-state index is 0.0796. The average Bonchev–Trinajstić information content (AvgIpc) is 3.25. The number of nitrogens with zero attached hydrogens (tertiary/aromatic N) is 1. The Morgan fingerprint density at radius 1 is 0.703 bits per heavy atom. The molecule has 188 valence electrons. The van der Waals surface area contributed by atoms with Gasteiger partial charge in [0.2, 0.25) is 0 Å². The third-order valence-corrected chi connectivity index (χ3v) is 8.03. The Kier molecular flexibility index (Phi) is 5.56. The molecular formula is C35H37NO. The van der Waals surface area contributed by atoms with Gasteiger partial charge in [0.15, 0.2) is 0 Å².